The number of imide groups is 1. The van der Waals surface area contributed by atoms with Gasteiger partial charge in [-0.1, -0.05) is 13.8 Å². The first-order valence-electron chi connectivity index (χ1n) is 8.04. The number of ether oxygens (including phenoxy) is 1. The molecule has 1 saturated heterocycles. The molecule has 1 aliphatic rings. The van der Waals surface area contributed by atoms with Crippen molar-refractivity contribution in [1.29, 1.82) is 0 Å². The fourth-order valence-corrected chi connectivity index (χ4v) is 3.87. The number of hydrogen-bond donors (Lipinski definition) is 0. The number of likely N-dealkylation sites (N-methyl/N-ethyl adjacent to an activating group) is 1. The summed E-state index contributed by atoms with van der Waals surface area (Å²) < 4.78 is 5.15. The van der Waals surface area contributed by atoms with Crippen LogP contribution in [0.3, 0.4) is 0 Å². The Kier molecular flexibility index (Phi) is 8.88. The molecule has 2 amide bonds. The number of hydrogen-bond acceptors (Lipinski definition) is 5. The highest BCUT2D eigenvalue weighted by Gasteiger charge is 2.31. The molecule has 1 aromatic carbocycles. The van der Waals surface area contributed by atoms with Gasteiger partial charge in [0.2, 0.25) is 0 Å². The van der Waals surface area contributed by atoms with Crippen LogP contribution in [0.2, 0.25) is 0 Å². The zero-order valence-corrected chi connectivity index (χ0v) is 17.1. The van der Waals surface area contributed by atoms with Crippen LogP contribution in [0.1, 0.15) is 18.7 Å². The van der Waals surface area contributed by atoms with Gasteiger partial charge in [0.15, 0.2) is 0 Å². The molecule has 2 heterocycles. The Labute approximate surface area is 163 Å². The summed E-state index contributed by atoms with van der Waals surface area (Å²) in [6.45, 7) is 10.0. The highest BCUT2D eigenvalue weighted by Crippen LogP contribution is 2.35. The summed E-state index contributed by atoms with van der Waals surface area (Å²) in [7, 11) is 3.13. The molecule has 0 unspecified atom stereocenters. The summed E-state index contributed by atoms with van der Waals surface area (Å²) in [5.74, 6) is 0.576. The fourth-order valence-electron chi connectivity index (χ4n) is 2.02. The molecule has 138 valence electrons. The number of benzene rings is 1. The van der Waals surface area contributed by atoms with E-state index in [0.29, 0.717) is 4.91 Å². The molecular formula is C20H23NO3S2. The summed E-state index contributed by atoms with van der Waals surface area (Å²) in [4.78, 5) is 27.0. The lowest BCUT2D eigenvalue weighted by atomic mass is 10.2. The first-order valence-corrected chi connectivity index (χ1v) is 9.67. The van der Waals surface area contributed by atoms with Gasteiger partial charge in [0, 0.05) is 16.8 Å². The molecule has 2 aromatic rings. The van der Waals surface area contributed by atoms with Crippen molar-refractivity contribution in [1.82, 2.24) is 4.90 Å². The molecule has 0 bridgehead atoms. The minimum atomic E-state index is -0.241. The molecule has 6 heteroatoms. The standard InChI is InChI=1S/C16H13NO3S2.C2H6.C2H4/c1-17-15(18)14(22-16(17)19)9-12-7-8-13(21-12)10-3-5-11(20-2)6-4-10;2*1-2/h3-9H,1-2H3;1-2H3;1-2H2/b14-9-;;. The van der Waals surface area contributed by atoms with Crippen LogP contribution in [0.25, 0.3) is 16.5 Å². The first kappa shape index (κ1) is 21.7. The van der Waals surface area contributed by atoms with Crippen LogP contribution in [0.15, 0.2) is 54.5 Å². The molecule has 0 radical (unpaired) electrons. The zero-order valence-electron chi connectivity index (χ0n) is 15.4. The average molecular weight is 390 g/mol. The molecule has 3 rings (SSSR count). The second-order valence-electron chi connectivity index (χ2n) is 4.67. The molecule has 0 saturated carbocycles. The predicted octanol–water partition coefficient (Wildman–Crippen LogP) is 5.92. The Morgan fingerprint density at radius 1 is 1.04 bits per heavy atom. The second kappa shape index (κ2) is 10.6. The highest BCUT2D eigenvalue weighted by molar-refractivity contribution is 8.18. The van der Waals surface area contributed by atoms with E-state index in [2.05, 4.69) is 13.2 Å². The lowest BCUT2D eigenvalue weighted by molar-refractivity contribution is -0.121. The number of amides is 2. The molecular weight excluding hydrogens is 366 g/mol. The SMILES string of the molecule is C=C.CC.COc1ccc(-c2ccc(/C=C3\SC(=O)N(C)C3=O)s2)cc1. The van der Waals surface area contributed by atoms with Crippen molar-refractivity contribution in [2.45, 2.75) is 13.8 Å². The zero-order chi connectivity index (χ0) is 19.7. The van der Waals surface area contributed by atoms with Gasteiger partial charge in [-0.2, -0.15) is 0 Å². The Balaban J connectivity index is 0.000000791. The van der Waals surface area contributed by atoms with Gasteiger partial charge in [-0.25, -0.2) is 0 Å². The molecule has 0 N–H and O–H groups in total. The summed E-state index contributed by atoms with van der Waals surface area (Å²) in [5, 5.41) is -0.233. The van der Waals surface area contributed by atoms with Gasteiger partial charge in [0.05, 0.1) is 12.0 Å². The summed E-state index contributed by atoms with van der Waals surface area (Å²) >= 11 is 2.55. The van der Waals surface area contributed by atoms with Crippen molar-refractivity contribution in [2.75, 3.05) is 14.2 Å². The van der Waals surface area contributed by atoms with Crippen LogP contribution in [-0.2, 0) is 4.79 Å². The maximum absolute atomic E-state index is 11.9. The van der Waals surface area contributed by atoms with E-state index in [9.17, 15) is 9.59 Å². The normalized spacial score (nSPS) is 14.5. The lowest BCUT2D eigenvalue weighted by Crippen LogP contribution is -2.22. The number of rotatable bonds is 3. The van der Waals surface area contributed by atoms with Gasteiger partial charge in [-0.05, 0) is 59.8 Å². The smallest absolute Gasteiger partial charge is 0.293 e. The number of nitrogens with zero attached hydrogens (tertiary/aromatic N) is 1. The van der Waals surface area contributed by atoms with Crippen LogP contribution in [-0.4, -0.2) is 30.2 Å². The molecule has 0 atom stereocenters. The predicted molar refractivity (Wildman–Crippen MR) is 113 cm³/mol. The van der Waals surface area contributed by atoms with E-state index in [-0.39, 0.29) is 11.1 Å². The van der Waals surface area contributed by atoms with Crippen molar-refractivity contribution in [3.8, 4) is 16.2 Å². The van der Waals surface area contributed by atoms with Gasteiger partial charge >= 0.3 is 0 Å². The van der Waals surface area contributed by atoms with Crippen molar-refractivity contribution >= 4 is 40.3 Å². The number of methoxy groups -OCH3 is 1. The average Bonchev–Trinajstić information content (AvgIpc) is 3.26. The Morgan fingerprint density at radius 2 is 1.65 bits per heavy atom. The van der Waals surface area contributed by atoms with Crippen molar-refractivity contribution in [3.05, 3.63) is 59.3 Å². The van der Waals surface area contributed by atoms with Crippen LogP contribution < -0.4 is 4.74 Å². The third-order valence-corrected chi connectivity index (χ3v) is 5.30. The van der Waals surface area contributed by atoms with Gasteiger partial charge in [0.25, 0.3) is 11.1 Å². The molecule has 0 spiro atoms. The van der Waals surface area contributed by atoms with Gasteiger partial charge in [0.1, 0.15) is 5.75 Å². The fraction of sp³-hybridized carbons (Fsp3) is 0.200. The van der Waals surface area contributed by atoms with Gasteiger partial charge in [-0.3, -0.25) is 14.5 Å². The number of carbonyl (C=O) groups excluding carboxylic acids is 2. The van der Waals surface area contributed by atoms with E-state index in [1.54, 1.807) is 24.5 Å². The second-order valence-corrected chi connectivity index (χ2v) is 6.78. The third-order valence-electron chi connectivity index (χ3n) is 3.26. The van der Waals surface area contributed by atoms with E-state index in [4.69, 9.17) is 4.74 Å². The van der Waals surface area contributed by atoms with E-state index >= 15 is 0 Å². The summed E-state index contributed by atoms with van der Waals surface area (Å²) in [6, 6.07) is 11.8. The Bertz CT molecular complexity index is 779. The molecule has 4 nitrogen and oxygen atoms in total. The molecule has 26 heavy (non-hydrogen) atoms. The maximum atomic E-state index is 11.9. The van der Waals surface area contributed by atoms with Gasteiger partial charge in [-0.15, -0.1) is 24.5 Å². The van der Waals surface area contributed by atoms with E-state index < -0.39 is 0 Å². The molecule has 1 fully saturated rings. The van der Waals surface area contributed by atoms with E-state index in [0.717, 1.165) is 37.7 Å². The van der Waals surface area contributed by atoms with Crippen LogP contribution in [0.5, 0.6) is 5.75 Å². The number of carbonyl (C=O) groups is 2. The minimum absolute atomic E-state index is 0.233. The number of thiophene rings is 1. The van der Waals surface area contributed by atoms with Crippen molar-refractivity contribution in [2.24, 2.45) is 0 Å². The van der Waals surface area contributed by atoms with Crippen LogP contribution >= 0.6 is 23.1 Å². The first-order chi connectivity index (χ1) is 12.6. The maximum Gasteiger partial charge on any atom is 0.293 e. The molecule has 1 aliphatic heterocycles. The monoisotopic (exact) mass is 389 g/mol. The minimum Gasteiger partial charge on any atom is -0.497 e. The van der Waals surface area contributed by atoms with Crippen LogP contribution in [0.4, 0.5) is 4.79 Å². The van der Waals surface area contributed by atoms with Gasteiger partial charge < -0.3 is 4.74 Å². The van der Waals surface area contributed by atoms with Crippen LogP contribution in [0, 0.1) is 0 Å². The topological polar surface area (TPSA) is 46.6 Å². The van der Waals surface area contributed by atoms with E-state index in [1.807, 2.05) is 50.2 Å². The largest absolute Gasteiger partial charge is 0.497 e. The lowest BCUT2D eigenvalue weighted by Gasteiger charge is -2.01. The quantitative estimate of drug-likeness (QED) is 0.483. The highest BCUT2D eigenvalue weighted by atomic mass is 32.2. The molecule has 0 aliphatic carbocycles. The number of thioether (sulfide) groups is 1. The van der Waals surface area contributed by atoms with Crippen molar-refractivity contribution in [3.63, 3.8) is 0 Å². The van der Waals surface area contributed by atoms with Crippen molar-refractivity contribution < 1.29 is 14.3 Å². The molecule has 1 aromatic heterocycles. The summed E-state index contributed by atoms with van der Waals surface area (Å²) in [5.41, 5.74) is 1.09. The summed E-state index contributed by atoms with van der Waals surface area (Å²) in [6.07, 6.45) is 1.77. The third kappa shape index (κ3) is 5.09. The Morgan fingerprint density at radius 3 is 2.15 bits per heavy atom. The Hall–Kier alpha value is -2.31. The van der Waals surface area contributed by atoms with E-state index in [1.165, 1.54) is 7.05 Å².